The molecule has 1 unspecified atom stereocenters. The molecule has 0 nitrogen and oxygen atoms in total. The van der Waals surface area contributed by atoms with Crippen molar-refractivity contribution in [3.05, 3.63) is 23.1 Å². The minimum atomic E-state index is 0.583. The molecule has 0 aromatic heterocycles. The van der Waals surface area contributed by atoms with E-state index in [4.69, 9.17) is 0 Å². The summed E-state index contributed by atoms with van der Waals surface area (Å²) in [5.41, 5.74) is 7.18. The summed E-state index contributed by atoms with van der Waals surface area (Å²) < 4.78 is 0. The minimum absolute atomic E-state index is 0.583. The Morgan fingerprint density at radius 2 is 2.43 bits per heavy atom. The van der Waals surface area contributed by atoms with E-state index in [1.807, 2.05) is 6.08 Å². The quantitative estimate of drug-likeness (QED) is 0.400. The van der Waals surface area contributed by atoms with Gasteiger partial charge in [-0.25, -0.2) is 0 Å². The maximum absolute atomic E-state index is 2.98. The Hall–Kier alpha value is -0.700. The maximum atomic E-state index is 2.98. The van der Waals surface area contributed by atoms with E-state index in [2.05, 4.69) is 25.3 Å². The van der Waals surface area contributed by atoms with Crippen molar-refractivity contribution in [2.24, 2.45) is 5.92 Å². The van der Waals surface area contributed by atoms with Crippen LogP contribution in [0.2, 0.25) is 0 Å². The van der Waals surface area contributed by atoms with Gasteiger partial charge in [-0.2, -0.15) is 0 Å². The molecule has 36 valence electrons. The highest BCUT2D eigenvalue weighted by Gasteiger charge is 1.99. The van der Waals surface area contributed by atoms with Crippen molar-refractivity contribution < 1.29 is 0 Å². The molecule has 0 saturated heterocycles. The smallest absolute Gasteiger partial charge is 0.0110 e. The van der Waals surface area contributed by atoms with Crippen LogP contribution in [0.3, 0.4) is 0 Å². The number of hydrogen-bond donors (Lipinski definition) is 0. The van der Waals surface area contributed by atoms with Gasteiger partial charge in [-0.05, 0) is 18.6 Å². The topological polar surface area (TPSA) is 0 Å². The van der Waals surface area contributed by atoms with Crippen LogP contribution in [0.25, 0.3) is 0 Å². The molecule has 0 aromatic rings. The fourth-order valence-corrected chi connectivity index (χ4v) is 0.519. The van der Waals surface area contributed by atoms with E-state index in [0.29, 0.717) is 5.92 Å². The Bertz CT molecular complexity index is 162. The van der Waals surface area contributed by atoms with Gasteiger partial charge in [0.2, 0.25) is 0 Å². The van der Waals surface area contributed by atoms with Crippen LogP contribution in [0.15, 0.2) is 23.1 Å². The van der Waals surface area contributed by atoms with E-state index in [-0.39, 0.29) is 0 Å². The van der Waals surface area contributed by atoms with Gasteiger partial charge in [0.05, 0.1) is 0 Å². The molecule has 0 saturated carbocycles. The van der Waals surface area contributed by atoms with Crippen molar-refractivity contribution in [1.82, 2.24) is 0 Å². The van der Waals surface area contributed by atoms with Crippen LogP contribution in [0.1, 0.15) is 13.8 Å². The second-order valence-electron chi connectivity index (χ2n) is 1.91. The van der Waals surface area contributed by atoms with Crippen LogP contribution in [0, 0.1) is 5.92 Å². The van der Waals surface area contributed by atoms with E-state index in [9.17, 15) is 0 Å². The Morgan fingerprint density at radius 1 is 1.71 bits per heavy atom. The summed E-state index contributed by atoms with van der Waals surface area (Å²) in [6.45, 7) is 4.21. The van der Waals surface area contributed by atoms with Gasteiger partial charge in [-0.1, -0.05) is 18.4 Å². The van der Waals surface area contributed by atoms with E-state index < -0.39 is 0 Å². The molecule has 0 heterocycles. The molecule has 1 rings (SSSR count). The Labute approximate surface area is 43.9 Å². The normalized spacial score (nSPS) is 26.0. The van der Waals surface area contributed by atoms with Crippen LogP contribution in [-0.4, -0.2) is 0 Å². The maximum Gasteiger partial charge on any atom is 0.0110 e. The molecular weight excluding hydrogens is 84.1 g/mol. The van der Waals surface area contributed by atoms with E-state index in [1.165, 1.54) is 5.57 Å². The molecule has 0 heteroatoms. The Morgan fingerprint density at radius 3 is 2.57 bits per heavy atom. The lowest BCUT2D eigenvalue weighted by Gasteiger charge is -1.94. The summed E-state index contributed by atoms with van der Waals surface area (Å²) in [4.78, 5) is 0. The zero-order chi connectivity index (χ0) is 5.28. The largest absolute Gasteiger partial charge is 0.0740 e. The summed E-state index contributed by atoms with van der Waals surface area (Å²) >= 11 is 0. The molecule has 1 atom stereocenters. The number of hydrogen-bond acceptors (Lipinski definition) is 0. The van der Waals surface area contributed by atoms with E-state index in [1.54, 1.807) is 0 Å². The second kappa shape index (κ2) is 1.42. The van der Waals surface area contributed by atoms with Gasteiger partial charge in [0.15, 0.2) is 0 Å². The lowest BCUT2D eigenvalue weighted by Crippen LogP contribution is -1.83. The first kappa shape index (κ1) is 4.46. The second-order valence-corrected chi connectivity index (χ2v) is 1.91. The number of allylic oxidation sites excluding steroid dienone is 2. The molecular formula is C7H8. The molecule has 0 fully saturated rings. The average Bonchev–Trinajstić information content (AvgIpc) is 1.91. The average molecular weight is 92.1 g/mol. The predicted molar refractivity (Wildman–Crippen MR) is 29.9 cm³/mol. The fraction of sp³-hybridized carbons (Fsp3) is 0.429. The summed E-state index contributed by atoms with van der Waals surface area (Å²) in [7, 11) is 0. The molecule has 1 aliphatic carbocycles. The van der Waals surface area contributed by atoms with E-state index in [0.717, 1.165) is 0 Å². The molecule has 0 radical (unpaired) electrons. The molecule has 0 N–H and O–H groups in total. The van der Waals surface area contributed by atoms with Crippen molar-refractivity contribution in [3.63, 3.8) is 0 Å². The summed E-state index contributed by atoms with van der Waals surface area (Å²) in [6, 6.07) is 0. The first-order valence-electron chi connectivity index (χ1n) is 2.49. The standard InChI is InChI=1S/C7H8/c1-6-4-3-5-7(6)2/h4,6H,1-2H3. The highest BCUT2D eigenvalue weighted by atomic mass is 14.0. The van der Waals surface area contributed by atoms with Crippen LogP contribution in [0.5, 0.6) is 0 Å². The summed E-state index contributed by atoms with van der Waals surface area (Å²) in [5, 5.41) is 0. The zero-order valence-electron chi connectivity index (χ0n) is 4.65. The lowest BCUT2D eigenvalue weighted by atomic mass is 10.1. The first-order valence-corrected chi connectivity index (χ1v) is 2.49. The third kappa shape index (κ3) is 0.667. The number of rotatable bonds is 0. The first-order chi connectivity index (χ1) is 3.30. The molecule has 0 aliphatic heterocycles. The molecule has 0 bridgehead atoms. The molecule has 0 aromatic carbocycles. The van der Waals surface area contributed by atoms with Gasteiger partial charge < -0.3 is 0 Å². The Kier molecular flexibility index (Phi) is 0.906. The summed E-state index contributed by atoms with van der Waals surface area (Å²) in [6.07, 6.45) is 2.02. The van der Waals surface area contributed by atoms with E-state index >= 15 is 0 Å². The molecule has 7 heavy (non-hydrogen) atoms. The van der Waals surface area contributed by atoms with Crippen molar-refractivity contribution in [2.45, 2.75) is 13.8 Å². The zero-order valence-corrected chi connectivity index (χ0v) is 4.65. The van der Waals surface area contributed by atoms with Gasteiger partial charge in [-0.15, -0.1) is 0 Å². The Balaban J connectivity index is 2.98. The lowest BCUT2D eigenvalue weighted by molar-refractivity contribution is 0.880. The summed E-state index contributed by atoms with van der Waals surface area (Å²) in [5.74, 6) is 0.583. The van der Waals surface area contributed by atoms with Crippen molar-refractivity contribution in [3.8, 4) is 0 Å². The van der Waals surface area contributed by atoms with Gasteiger partial charge in [0, 0.05) is 5.92 Å². The van der Waals surface area contributed by atoms with Crippen molar-refractivity contribution >= 4 is 0 Å². The SMILES string of the molecule is CC1=C=C=CC1C. The van der Waals surface area contributed by atoms with Crippen LogP contribution in [0.4, 0.5) is 0 Å². The van der Waals surface area contributed by atoms with Crippen molar-refractivity contribution in [2.75, 3.05) is 0 Å². The van der Waals surface area contributed by atoms with Gasteiger partial charge in [0.1, 0.15) is 0 Å². The minimum Gasteiger partial charge on any atom is -0.0740 e. The monoisotopic (exact) mass is 92.1 g/mol. The van der Waals surface area contributed by atoms with Crippen LogP contribution < -0.4 is 0 Å². The molecule has 1 aliphatic rings. The molecule has 0 amide bonds. The van der Waals surface area contributed by atoms with Gasteiger partial charge >= 0.3 is 0 Å². The fourth-order valence-electron chi connectivity index (χ4n) is 0.519. The molecule has 0 spiro atoms. The van der Waals surface area contributed by atoms with Crippen LogP contribution >= 0.6 is 0 Å². The van der Waals surface area contributed by atoms with Crippen LogP contribution in [-0.2, 0) is 0 Å². The van der Waals surface area contributed by atoms with Gasteiger partial charge in [0.25, 0.3) is 0 Å². The highest BCUT2D eigenvalue weighted by molar-refractivity contribution is 5.14. The third-order valence-corrected chi connectivity index (χ3v) is 1.29. The predicted octanol–water partition coefficient (Wildman–Crippen LogP) is 1.89. The third-order valence-electron chi connectivity index (χ3n) is 1.29. The van der Waals surface area contributed by atoms with Gasteiger partial charge in [-0.3, -0.25) is 0 Å². The van der Waals surface area contributed by atoms with Crippen molar-refractivity contribution in [1.29, 1.82) is 0 Å². The highest BCUT2D eigenvalue weighted by Crippen LogP contribution is 2.11.